The molecular formula is C14H12N4. The molecule has 18 heavy (non-hydrogen) atoms. The number of fused-ring (bicyclic) bond motifs is 3. The minimum Gasteiger partial charge on any atom is -0.340 e. The fourth-order valence-electron chi connectivity index (χ4n) is 2.43. The van der Waals surface area contributed by atoms with E-state index in [1.54, 1.807) is 0 Å². The third-order valence-electron chi connectivity index (χ3n) is 3.17. The number of nitrogens with zero attached hydrogens (tertiary/aromatic N) is 4. The van der Waals surface area contributed by atoms with Gasteiger partial charge in [-0.15, -0.1) is 0 Å². The first-order valence-electron chi connectivity index (χ1n) is 5.88. The first kappa shape index (κ1) is 10.7. The third-order valence-corrected chi connectivity index (χ3v) is 3.17. The molecule has 0 atom stereocenters. The molecule has 0 spiro atoms. The highest BCUT2D eigenvalue weighted by molar-refractivity contribution is 6.07. The number of hydrogen-bond acceptors (Lipinski definition) is 1. The van der Waals surface area contributed by atoms with Crippen LogP contribution in [-0.4, -0.2) is 11.1 Å². The van der Waals surface area contributed by atoms with Crippen LogP contribution in [0.4, 0.5) is 0 Å². The number of azide groups is 1. The molecule has 3 rings (SSSR count). The summed E-state index contributed by atoms with van der Waals surface area (Å²) in [6.45, 7) is 1.18. The quantitative estimate of drug-likeness (QED) is 0.373. The van der Waals surface area contributed by atoms with Crippen molar-refractivity contribution in [3.63, 3.8) is 0 Å². The molecule has 0 aliphatic carbocycles. The van der Waals surface area contributed by atoms with Gasteiger partial charge in [0.15, 0.2) is 0 Å². The molecule has 3 aromatic rings. The zero-order valence-corrected chi connectivity index (χ0v) is 9.82. The predicted molar refractivity (Wildman–Crippen MR) is 73.5 cm³/mol. The molecule has 1 aromatic heterocycles. The highest BCUT2D eigenvalue weighted by atomic mass is 15.1. The van der Waals surface area contributed by atoms with Crippen molar-refractivity contribution in [2.24, 2.45) is 5.11 Å². The van der Waals surface area contributed by atoms with Crippen LogP contribution in [-0.2, 0) is 6.54 Å². The van der Waals surface area contributed by atoms with Gasteiger partial charge in [-0.2, -0.15) is 0 Å². The summed E-state index contributed by atoms with van der Waals surface area (Å²) in [5.74, 6) is 0. The molecule has 0 amide bonds. The lowest BCUT2D eigenvalue weighted by molar-refractivity contribution is 0.754. The number of rotatable bonds is 3. The molecule has 0 radical (unpaired) electrons. The van der Waals surface area contributed by atoms with Crippen LogP contribution in [0.3, 0.4) is 0 Å². The molecule has 88 valence electrons. The fourth-order valence-corrected chi connectivity index (χ4v) is 2.43. The Morgan fingerprint density at radius 1 is 0.944 bits per heavy atom. The Morgan fingerprint density at radius 3 is 2.06 bits per heavy atom. The summed E-state index contributed by atoms with van der Waals surface area (Å²) >= 11 is 0. The summed E-state index contributed by atoms with van der Waals surface area (Å²) in [6.07, 6.45) is 0. The maximum absolute atomic E-state index is 8.37. The van der Waals surface area contributed by atoms with Crippen molar-refractivity contribution in [2.75, 3.05) is 6.54 Å². The van der Waals surface area contributed by atoms with Gasteiger partial charge < -0.3 is 4.57 Å². The van der Waals surface area contributed by atoms with E-state index in [4.69, 9.17) is 5.53 Å². The standard InChI is InChI=1S/C14H12N4/c15-17-16-9-10-18-13-7-3-1-5-11(13)12-6-2-4-8-14(12)18/h1-8H,9-10H2. The van der Waals surface area contributed by atoms with Gasteiger partial charge in [0.2, 0.25) is 0 Å². The van der Waals surface area contributed by atoms with Crippen LogP contribution >= 0.6 is 0 Å². The zero-order valence-electron chi connectivity index (χ0n) is 9.82. The van der Waals surface area contributed by atoms with Crippen molar-refractivity contribution < 1.29 is 0 Å². The van der Waals surface area contributed by atoms with Crippen molar-refractivity contribution in [1.82, 2.24) is 4.57 Å². The number of para-hydroxylation sites is 2. The molecule has 2 aromatic carbocycles. The first-order valence-corrected chi connectivity index (χ1v) is 5.88. The lowest BCUT2D eigenvalue weighted by Crippen LogP contribution is -1.99. The molecule has 0 unspecified atom stereocenters. The van der Waals surface area contributed by atoms with Crippen molar-refractivity contribution in [3.8, 4) is 0 Å². The fraction of sp³-hybridized carbons (Fsp3) is 0.143. The maximum atomic E-state index is 8.37. The molecule has 0 bridgehead atoms. The molecule has 0 aliphatic rings. The second-order valence-corrected chi connectivity index (χ2v) is 4.14. The summed E-state index contributed by atoms with van der Waals surface area (Å²) in [5, 5.41) is 6.11. The molecule has 0 N–H and O–H groups in total. The van der Waals surface area contributed by atoms with Crippen LogP contribution in [0.5, 0.6) is 0 Å². The minimum absolute atomic E-state index is 0.471. The van der Waals surface area contributed by atoms with E-state index in [0.717, 1.165) is 0 Å². The van der Waals surface area contributed by atoms with E-state index in [0.29, 0.717) is 13.1 Å². The van der Waals surface area contributed by atoms with Crippen LogP contribution in [0.1, 0.15) is 0 Å². The molecular weight excluding hydrogens is 224 g/mol. The van der Waals surface area contributed by atoms with Crippen LogP contribution < -0.4 is 0 Å². The van der Waals surface area contributed by atoms with E-state index in [1.165, 1.54) is 21.8 Å². The van der Waals surface area contributed by atoms with Crippen molar-refractivity contribution in [3.05, 3.63) is 59.0 Å². The maximum Gasteiger partial charge on any atom is 0.0491 e. The van der Waals surface area contributed by atoms with Gasteiger partial charge >= 0.3 is 0 Å². The van der Waals surface area contributed by atoms with E-state index in [2.05, 4.69) is 38.9 Å². The van der Waals surface area contributed by atoms with Crippen molar-refractivity contribution in [1.29, 1.82) is 0 Å². The highest BCUT2D eigenvalue weighted by Gasteiger charge is 2.08. The predicted octanol–water partition coefficient (Wildman–Crippen LogP) is 4.10. The van der Waals surface area contributed by atoms with Gasteiger partial charge in [0.05, 0.1) is 0 Å². The van der Waals surface area contributed by atoms with Gasteiger partial charge in [0, 0.05) is 39.8 Å². The SMILES string of the molecule is [N-]=[N+]=NCCn1c2ccccc2c2ccccc21. The van der Waals surface area contributed by atoms with E-state index in [9.17, 15) is 0 Å². The zero-order chi connectivity index (χ0) is 12.4. The topological polar surface area (TPSA) is 53.7 Å². The third kappa shape index (κ3) is 1.60. The Kier molecular flexibility index (Phi) is 2.63. The first-order chi connectivity index (χ1) is 8.92. The van der Waals surface area contributed by atoms with E-state index < -0.39 is 0 Å². The number of aromatic nitrogens is 1. The Balaban J connectivity index is 2.27. The van der Waals surface area contributed by atoms with Gasteiger partial charge in [0.1, 0.15) is 0 Å². The summed E-state index contributed by atoms with van der Waals surface area (Å²) < 4.78 is 2.21. The Labute approximate surface area is 104 Å². The van der Waals surface area contributed by atoms with Crippen molar-refractivity contribution >= 4 is 21.8 Å². The van der Waals surface area contributed by atoms with Gasteiger partial charge in [-0.05, 0) is 17.7 Å². The summed E-state index contributed by atoms with van der Waals surface area (Å²) in [6, 6.07) is 16.6. The second-order valence-electron chi connectivity index (χ2n) is 4.14. The Bertz CT molecular complexity index is 697. The molecule has 4 heteroatoms. The highest BCUT2D eigenvalue weighted by Crippen LogP contribution is 2.28. The molecule has 4 nitrogen and oxygen atoms in total. The van der Waals surface area contributed by atoms with Crippen LogP contribution in [0.2, 0.25) is 0 Å². The normalized spacial score (nSPS) is 10.7. The lowest BCUT2D eigenvalue weighted by Gasteiger charge is -2.04. The van der Waals surface area contributed by atoms with E-state index >= 15 is 0 Å². The Morgan fingerprint density at radius 2 is 1.50 bits per heavy atom. The van der Waals surface area contributed by atoms with Gasteiger partial charge in [0.25, 0.3) is 0 Å². The summed E-state index contributed by atoms with van der Waals surface area (Å²) in [5.41, 5.74) is 10.7. The van der Waals surface area contributed by atoms with E-state index in [-0.39, 0.29) is 0 Å². The molecule has 0 saturated carbocycles. The second kappa shape index (κ2) is 4.43. The van der Waals surface area contributed by atoms with Gasteiger partial charge in [-0.3, -0.25) is 0 Å². The minimum atomic E-state index is 0.471. The van der Waals surface area contributed by atoms with Gasteiger partial charge in [-0.25, -0.2) is 0 Å². The average molecular weight is 236 g/mol. The molecule has 0 fully saturated rings. The number of hydrogen-bond donors (Lipinski definition) is 0. The monoisotopic (exact) mass is 236 g/mol. The molecule has 0 saturated heterocycles. The Hall–Kier alpha value is -2.45. The average Bonchev–Trinajstić information content (AvgIpc) is 2.74. The van der Waals surface area contributed by atoms with Crippen molar-refractivity contribution in [2.45, 2.75) is 6.54 Å². The van der Waals surface area contributed by atoms with Crippen LogP contribution in [0.25, 0.3) is 32.2 Å². The smallest absolute Gasteiger partial charge is 0.0491 e. The number of benzene rings is 2. The molecule has 1 heterocycles. The lowest BCUT2D eigenvalue weighted by atomic mass is 10.2. The molecule has 0 aliphatic heterocycles. The largest absolute Gasteiger partial charge is 0.340 e. The summed E-state index contributed by atoms with van der Waals surface area (Å²) in [4.78, 5) is 2.81. The van der Waals surface area contributed by atoms with Gasteiger partial charge in [-0.1, -0.05) is 41.5 Å². The van der Waals surface area contributed by atoms with E-state index in [1.807, 2.05) is 24.3 Å². The summed E-state index contributed by atoms with van der Waals surface area (Å²) in [7, 11) is 0. The van der Waals surface area contributed by atoms with Crippen LogP contribution in [0, 0.1) is 0 Å². The van der Waals surface area contributed by atoms with Crippen LogP contribution in [0.15, 0.2) is 53.6 Å².